The first-order chi connectivity index (χ1) is 10.2. The van der Waals surface area contributed by atoms with Crippen LogP contribution in [-0.2, 0) is 6.54 Å². The second-order valence-electron chi connectivity index (χ2n) is 4.24. The maximum atomic E-state index is 12.0. The number of ether oxygens (including phenoxy) is 1. The molecule has 0 unspecified atom stereocenters. The average molecular weight is 300 g/mol. The first-order valence-electron chi connectivity index (χ1n) is 6.41. The molecule has 2 aromatic rings. The molecule has 1 amide bonds. The third kappa shape index (κ3) is 4.35. The third-order valence-electron chi connectivity index (χ3n) is 2.78. The normalized spacial score (nSPS) is 9.62. The van der Waals surface area contributed by atoms with Crippen LogP contribution in [0.1, 0.15) is 20.8 Å². The molecule has 1 heterocycles. The minimum absolute atomic E-state index is 0.102. The number of nitrogens with one attached hydrogen (secondary N) is 1. The van der Waals surface area contributed by atoms with Gasteiger partial charge in [-0.25, -0.2) is 0 Å². The first-order valence-corrected chi connectivity index (χ1v) is 7.29. The molecule has 1 aromatic carbocycles. The zero-order chi connectivity index (χ0) is 15.1. The summed E-state index contributed by atoms with van der Waals surface area (Å²) in [4.78, 5) is 12.6. The molecular formula is C16H16N2O2S. The molecule has 0 aliphatic heterocycles. The van der Waals surface area contributed by atoms with Gasteiger partial charge in [0.25, 0.3) is 5.91 Å². The molecule has 0 radical (unpaired) electrons. The standard InChI is InChI=1S/C16H16N2O2S/c1-20-14-9-15(21-11-14)16(19)18-10-13-6-4-12(5-7-13)3-2-8-17/h4-7,9,11H,8,10,17H2,1H3,(H,18,19). The summed E-state index contributed by atoms with van der Waals surface area (Å²) >= 11 is 1.36. The smallest absolute Gasteiger partial charge is 0.261 e. The highest BCUT2D eigenvalue weighted by Gasteiger charge is 2.08. The Hall–Kier alpha value is -2.29. The largest absolute Gasteiger partial charge is 0.496 e. The molecule has 21 heavy (non-hydrogen) atoms. The van der Waals surface area contributed by atoms with Gasteiger partial charge in [-0.05, 0) is 17.7 Å². The van der Waals surface area contributed by atoms with Crippen molar-refractivity contribution in [2.24, 2.45) is 5.73 Å². The summed E-state index contributed by atoms with van der Waals surface area (Å²) in [6.07, 6.45) is 0. The summed E-state index contributed by atoms with van der Waals surface area (Å²) in [5.74, 6) is 6.36. The zero-order valence-corrected chi connectivity index (χ0v) is 12.5. The maximum absolute atomic E-state index is 12.0. The number of carbonyl (C=O) groups excluding carboxylic acids is 1. The number of carbonyl (C=O) groups is 1. The molecule has 3 N–H and O–H groups in total. The highest BCUT2D eigenvalue weighted by Crippen LogP contribution is 2.20. The summed E-state index contributed by atoms with van der Waals surface area (Å²) in [6.45, 7) is 0.825. The molecule has 1 aromatic heterocycles. The lowest BCUT2D eigenvalue weighted by molar-refractivity contribution is 0.0954. The number of thiophene rings is 1. The number of rotatable bonds is 4. The first kappa shape index (κ1) is 15.1. The van der Waals surface area contributed by atoms with E-state index in [4.69, 9.17) is 10.5 Å². The molecule has 5 heteroatoms. The van der Waals surface area contributed by atoms with Crippen LogP contribution in [0.5, 0.6) is 5.75 Å². The number of hydrogen-bond acceptors (Lipinski definition) is 4. The lowest BCUT2D eigenvalue weighted by Crippen LogP contribution is -2.21. The van der Waals surface area contributed by atoms with Crippen LogP contribution in [0.3, 0.4) is 0 Å². The van der Waals surface area contributed by atoms with Gasteiger partial charge in [-0.2, -0.15) is 0 Å². The number of amides is 1. The Morgan fingerprint density at radius 2 is 2.14 bits per heavy atom. The summed E-state index contributed by atoms with van der Waals surface area (Å²) in [5, 5.41) is 4.68. The van der Waals surface area contributed by atoms with Gasteiger partial charge in [-0.1, -0.05) is 24.0 Å². The fraction of sp³-hybridized carbons (Fsp3) is 0.188. The van der Waals surface area contributed by atoms with Crippen LogP contribution >= 0.6 is 11.3 Å². The van der Waals surface area contributed by atoms with Crippen LogP contribution in [0, 0.1) is 11.8 Å². The summed E-state index contributed by atoms with van der Waals surface area (Å²) in [6, 6.07) is 9.44. The summed E-state index contributed by atoms with van der Waals surface area (Å²) in [5.41, 5.74) is 7.26. The van der Waals surface area contributed by atoms with Crippen LogP contribution in [0.4, 0.5) is 0 Å². The fourth-order valence-corrected chi connectivity index (χ4v) is 2.44. The Kier molecular flexibility index (Phi) is 5.38. The Balaban J connectivity index is 1.91. The monoisotopic (exact) mass is 300 g/mol. The third-order valence-corrected chi connectivity index (χ3v) is 3.68. The van der Waals surface area contributed by atoms with Gasteiger partial charge in [0.05, 0.1) is 18.5 Å². The van der Waals surface area contributed by atoms with Gasteiger partial charge in [0.15, 0.2) is 0 Å². The zero-order valence-electron chi connectivity index (χ0n) is 11.7. The summed E-state index contributed by atoms with van der Waals surface area (Å²) < 4.78 is 5.06. The van der Waals surface area contributed by atoms with Gasteiger partial charge >= 0.3 is 0 Å². The Morgan fingerprint density at radius 1 is 1.38 bits per heavy atom. The van der Waals surface area contributed by atoms with Crippen LogP contribution in [-0.4, -0.2) is 19.6 Å². The van der Waals surface area contributed by atoms with E-state index in [-0.39, 0.29) is 5.91 Å². The van der Waals surface area contributed by atoms with E-state index in [1.165, 1.54) is 11.3 Å². The molecule has 0 fully saturated rings. The molecule has 108 valence electrons. The number of nitrogens with two attached hydrogens (primary N) is 1. The van der Waals surface area contributed by atoms with Gasteiger partial charge in [0, 0.05) is 23.6 Å². The Bertz CT molecular complexity index is 666. The molecular weight excluding hydrogens is 284 g/mol. The van der Waals surface area contributed by atoms with Gasteiger partial charge < -0.3 is 15.8 Å². The lowest BCUT2D eigenvalue weighted by Gasteiger charge is -2.04. The van der Waals surface area contributed by atoms with Crippen LogP contribution in [0.2, 0.25) is 0 Å². The second-order valence-corrected chi connectivity index (χ2v) is 5.15. The van der Waals surface area contributed by atoms with Crippen LogP contribution in [0.15, 0.2) is 35.7 Å². The molecule has 2 rings (SSSR count). The molecule has 0 bridgehead atoms. The molecule has 0 saturated heterocycles. The topological polar surface area (TPSA) is 64.3 Å². The van der Waals surface area contributed by atoms with Crippen molar-refractivity contribution in [2.45, 2.75) is 6.54 Å². The van der Waals surface area contributed by atoms with Crippen molar-refractivity contribution in [3.8, 4) is 17.6 Å². The highest BCUT2D eigenvalue weighted by molar-refractivity contribution is 7.12. The molecule has 0 aliphatic rings. The van der Waals surface area contributed by atoms with Crippen molar-refractivity contribution in [1.82, 2.24) is 5.32 Å². The minimum Gasteiger partial charge on any atom is -0.496 e. The molecule has 0 atom stereocenters. The van der Waals surface area contributed by atoms with Gasteiger partial charge in [0.1, 0.15) is 5.75 Å². The molecule has 0 spiro atoms. The van der Waals surface area contributed by atoms with Crippen molar-refractivity contribution in [1.29, 1.82) is 0 Å². The Labute approximate surface area is 127 Å². The van der Waals surface area contributed by atoms with E-state index in [0.29, 0.717) is 23.7 Å². The van der Waals surface area contributed by atoms with E-state index >= 15 is 0 Å². The van der Waals surface area contributed by atoms with Gasteiger partial charge in [-0.15, -0.1) is 11.3 Å². The van der Waals surface area contributed by atoms with Crippen molar-refractivity contribution in [3.63, 3.8) is 0 Å². The lowest BCUT2D eigenvalue weighted by atomic mass is 10.1. The maximum Gasteiger partial charge on any atom is 0.261 e. The van der Waals surface area contributed by atoms with E-state index in [1.54, 1.807) is 18.6 Å². The van der Waals surface area contributed by atoms with Crippen molar-refractivity contribution < 1.29 is 9.53 Å². The molecule has 0 aliphatic carbocycles. The van der Waals surface area contributed by atoms with Gasteiger partial charge in [0.2, 0.25) is 0 Å². The van der Waals surface area contributed by atoms with Crippen molar-refractivity contribution in [3.05, 3.63) is 51.7 Å². The van der Waals surface area contributed by atoms with E-state index in [9.17, 15) is 4.79 Å². The quantitative estimate of drug-likeness (QED) is 0.849. The highest BCUT2D eigenvalue weighted by atomic mass is 32.1. The van der Waals surface area contributed by atoms with E-state index in [0.717, 1.165) is 11.1 Å². The summed E-state index contributed by atoms with van der Waals surface area (Å²) in [7, 11) is 1.58. The molecule has 0 saturated carbocycles. The van der Waals surface area contributed by atoms with Crippen LogP contribution in [0.25, 0.3) is 0 Å². The SMILES string of the molecule is COc1csc(C(=O)NCc2ccc(C#CCN)cc2)c1. The van der Waals surface area contributed by atoms with E-state index in [1.807, 2.05) is 24.3 Å². The predicted molar refractivity (Wildman–Crippen MR) is 84.4 cm³/mol. The Morgan fingerprint density at radius 3 is 2.76 bits per heavy atom. The van der Waals surface area contributed by atoms with Crippen molar-refractivity contribution >= 4 is 17.2 Å². The van der Waals surface area contributed by atoms with E-state index in [2.05, 4.69) is 17.2 Å². The predicted octanol–water partition coefficient (Wildman–Crippen LogP) is 2.00. The number of hydrogen-bond donors (Lipinski definition) is 2. The average Bonchev–Trinajstić information content (AvgIpc) is 3.00. The van der Waals surface area contributed by atoms with Gasteiger partial charge in [-0.3, -0.25) is 4.79 Å². The molecule has 4 nitrogen and oxygen atoms in total. The number of benzene rings is 1. The minimum atomic E-state index is -0.102. The van der Waals surface area contributed by atoms with Crippen LogP contribution < -0.4 is 15.8 Å². The van der Waals surface area contributed by atoms with Crippen molar-refractivity contribution in [2.75, 3.05) is 13.7 Å². The number of methoxy groups -OCH3 is 1. The second kappa shape index (κ2) is 7.48. The van der Waals surface area contributed by atoms with E-state index < -0.39 is 0 Å². The fourth-order valence-electron chi connectivity index (χ4n) is 1.67.